The van der Waals surface area contributed by atoms with Crippen LogP contribution in [0.4, 0.5) is 0 Å². The molecule has 0 bridgehead atoms. The van der Waals surface area contributed by atoms with Crippen LogP contribution < -0.4 is 0 Å². The lowest BCUT2D eigenvalue weighted by Crippen LogP contribution is -2.08. The summed E-state index contributed by atoms with van der Waals surface area (Å²) in [4.78, 5) is 0. The molecule has 0 aliphatic heterocycles. The van der Waals surface area contributed by atoms with E-state index in [1.54, 1.807) is 0 Å². The first-order valence-corrected chi connectivity index (χ1v) is 5.75. The van der Waals surface area contributed by atoms with E-state index in [2.05, 4.69) is 38.8 Å². The highest BCUT2D eigenvalue weighted by Gasteiger charge is 2.15. The van der Waals surface area contributed by atoms with Crippen LogP contribution in [0.3, 0.4) is 0 Å². The molecule has 0 unspecified atom stereocenters. The van der Waals surface area contributed by atoms with E-state index in [4.69, 9.17) is 0 Å². The molecular weight excluding hydrogens is 272 g/mol. The Labute approximate surface area is 85.8 Å². The van der Waals surface area contributed by atoms with E-state index in [-0.39, 0.29) is 0 Å². The maximum atomic E-state index is 9.21. The van der Waals surface area contributed by atoms with Gasteiger partial charge in [0.1, 0.15) is 0 Å². The predicted octanol–water partition coefficient (Wildman–Crippen LogP) is 3.78. The van der Waals surface area contributed by atoms with Gasteiger partial charge in [-0.1, -0.05) is 32.6 Å². The van der Waals surface area contributed by atoms with Crippen molar-refractivity contribution in [3.05, 3.63) is 0 Å². The smallest absolute Gasteiger partial charge is 0.174 e. The number of hydrogen-bond donors (Lipinski definition) is 1. The van der Waals surface area contributed by atoms with Gasteiger partial charge >= 0.3 is 0 Å². The minimum atomic E-state index is -0.827. The Kier molecular flexibility index (Phi) is 6.98. The Morgan fingerprint density at radius 2 is 1.64 bits per heavy atom. The Bertz CT molecular complexity index is 88.6. The Balaban J connectivity index is 3.02. The van der Waals surface area contributed by atoms with Gasteiger partial charge in [-0.15, -0.1) is 0 Å². The third-order valence-corrected chi connectivity index (χ3v) is 2.37. The molecule has 0 fully saturated rings. The average Bonchev–Trinajstić information content (AvgIpc) is 1.85. The predicted molar refractivity (Wildman–Crippen MR) is 56.2 cm³/mol. The Morgan fingerprint density at radius 1 is 1.09 bits per heavy atom. The summed E-state index contributed by atoms with van der Waals surface area (Å²) in [7, 11) is 0. The zero-order valence-corrected chi connectivity index (χ0v) is 10.1. The van der Waals surface area contributed by atoms with Gasteiger partial charge in [0.25, 0.3) is 0 Å². The normalized spacial score (nSPS) is 12.0. The van der Waals surface area contributed by atoms with Crippen molar-refractivity contribution in [2.75, 3.05) is 0 Å². The molecule has 0 saturated heterocycles. The molecule has 0 aliphatic carbocycles. The standard InChI is InChI=1S/C8H16Br2O/c1-2-3-4-5-6-7-8(9,10)11/h11H,2-7H2,1H3. The number of alkyl halides is 2. The molecule has 11 heavy (non-hydrogen) atoms. The van der Waals surface area contributed by atoms with Crippen LogP contribution in [0.5, 0.6) is 0 Å². The molecule has 1 nitrogen and oxygen atoms in total. The van der Waals surface area contributed by atoms with Crippen molar-refractivity contribution in [2.45, 2.75) is 48.9 Å². The van der Waals surface area contributed by atoms with Crippen molar-refractivity contribution in [3.63, 3.8) is 0 Å². The van der Waals surface area contributed by atoms with E-state index in [1.165, 1.54) is 25.7 Å². The quantitative estimate of drug-likeness (QED) is 0.582. The lowest BCUT2D eigenvalue weighted by molar-refractivity contribution is 0.229. The van der Waals surface area contributed by atoms with Gasteiger partial charge in [0, 0.05) is 0 Å². The molecule has 0 saturated carbocycles. The number of unbranched alkanes of at least 4 members (excludes halogenated alkanes) is 4. The Hall–Kier alpha value is 0.920. The van der Waals surface area contributed by atoms with E-state index < -0.39 is 3.42 Å². The van der Waals surface area contributed by atoms with Crippen LogP contribution in [0.15, 0.2) is 0 Å². The maximum Gasteiger partial charge on any atom is 0.174 e. The van der Waals surface area contributed by atoms with Crippen molar-refractivity contribution in [2.24, 2.45) is 0 Å². The highest BCUT2D eigenvalue weighted by atomic mass is 79.9. The van der Waals surface area contributed by atoms with E-state index >= 15 is 0 Å². The highest BCUT2D eigenvalue weighted by molar-refractivity contribution is 9.25. The first-order valence-electron chi connectivity index (χ1n) is 4.16. The molecule has 0 radical (unpaired) electrons. The van der Waals surface area contributed by atoms with Gasteiger partial charge in [0.05, 0.1) is 0 Å². The summed E-state index contributed by atoms with van der Waals surface area (Å²) in [5.41, 5.74) is 0. The molecule has 0 aromatic rings. The fourth-order valence-corrected chi connectivity index (χ4v) is 1.50. The van der Waals surface area contributed by atoms with Crippen molar-refractivity contribution in [1.29, 1.82) is 0 Å². The van der Waals surface area contributed by atoms with Crippen LogP contribution in [0.25, 0.3) is 0 Å². The molecule has 0 spiro atoms. The number of rotatable bonds is 6. The summed E-state index contributed by atoms with van der Waals surface area (Å²) < 4.78 is -0.827. The molecule has 0 aromatic carbocycles. The number of aliphatic hydroxyl groups is 1. The van der Waals surface area contributed by atoms with Gasteiger partial charge in [0.2, 0.25) is 0 Å². The molecule has 0 amide bonds. The van der Waals surface area contributed by atoms with Gasteiger partial charge in [-0.25, -0.2) is 0 Å². The van der Waals surface area contributed by atoms with E-state index in [0.717, 1.165) is 12.8 Å². The molecule has 0 rings (SSSR count). The molecule has 0 atom stereocenters. The third kappa shape index (κ3) is 10.9. The molecule has 68 valence electrons. The van der Waals surface area contributed by atoms with Crippen LogP contribution in [0, 0.1) is 0 Å². The largest absolute Gasteiger partial charge is 0.369 e. The van der Waals surface area contributed by atoms with E-state index in [1.807, 2.05) is 0 Å². The lowest BCUT2D eigenvalue weighted by atomic mass is 10.1. The molecule has 1 N–H and O–H groups in total. The summed E-state index contributed by atoms with van der Waals surface area (Å²) in [6.07, 6.45) is 6.93. The van der Waals surface area contributed by atoms with Crippen LogP contribution in [-0.4, -0.2) is 8.53 Å². The second-order valence-electron chi connectivity index (χ2n) is 2.83. The molecule has 0 aliphatic rings. The minimum absolute atomic E-state index is 0.775. The van der Waals surface area contributed by atoms with Gasteiger partial charge in [-0.3, -0.25) is 0 Å². The van der Waals surface area contributed by atoms with Gasteiger partial charge in [-0.05, 0) is 44.7 Å². The summed E-state index contributed by atoms with van der Waals surface area (Å²) in [5, 5.41) is 9.21. The molecule has 0 aromatic heterocycles. The number of hydrogen-bond acceptors (Lipinski definition) is 1. The topological polar surface area (TPSA) is 20.2 Å². The second-order valence-corrected chi connectivity index (χ2v) is 6.52. The molecule has 0 heterocycles. The number of halogens is 2. The first-order chi connectivity index (χ1) is 5.06. The van der Waals surface area contributed by atoms with Gasteiger partial charge < -0.3 is 5.11 Å². The summed E-state index contributed by atoms with van der Waals surface area (Å²) >= 11 is 6.24. The van der Waals surface area contributed by atoms with Crippen LogP contribution in [-0.2, 0) is 0 Å². The van der Waals surface area contributed by atoms with Crippen molar-refractivity contribution >= 4 is 31.9 Å². The van der Waals surface area contributed by atoms with Crippen molar-refractivity contribution in [3.8, 4) is 0 Å². The van der Waals surface area contributed by atoms with Crippen LogP contribution in [0.1, 0.15) is 45.4 Å². The maximum absolute atomic E-state index is 9.21. The lowest BCUT2D eigenvalue weighted by Gasteiger charge is -2.11. The van der Waals surface area contributed by atoms with Crippen molar-refractivity contribution in [1.82, 2.24) is 0 Å². The molecule has 3 heteroatoms. The van der Waals surface area contributed by atoms with Crippen LogP contribution >= 0.6 is 31.9 Å². The van der Waals surface area contributed by atoms with Gasteiger partial charge in [0.15, 0.2) is 3.42 Å². The third-order valence-electron chi connectivity index (χ3n) is 1.58. The summed E-state index contributed by atoms with van der Waals surface area (Å²) in [6.45, 7) is 2.20. The average molecular weight is 288 g/mol. The summed E-state index contributed by atoms with van der Waals surface area (Å²) in [6, 6.07) is 0. The fraction of sp³-hybridized carbons (Fsp3) is 1.00. The minimum Gasteiger partial charge on any atom is -0.369 e. The van der Waals surface area contributed by atoms with Crippen molar-refractivity contribution < 1.29 is 5.11 Å². The van der Waals surface area contributed by atoms with E-state index in [9.17, 15) is 5.11 Å². The first kappa shape index (κ1) is 11.9. The molecular formula is C8H16Br2O. The second kappa shape index (κ2) is 6.44. The van der Waals surface area contributed by atoms with Gasteiger partial charge in [-0.2, -0.15) is 0 Å². The highest BCUT2D eigenvalue weighted by Crippen LogP contribution is 2.28. The zero-order valence-electron chi connectivity index (χ0n) is 6.95. The Morgan fingerprint density at radius 3 is 2.09 bits per heavy atom. The van der Waals surface area contributed by atoms with E-state index in [0.29, 0.717) is 0 Å². The fourth-order valence-electron chi connectivity index (χ4n) is 0.941. The van der Waals surface area contributed by atoms with Crippen LogP contribution in [0.2, 0.25) is 0 Å². The summed E-state index contributed by atoms with van der Waals surface area (Å²) in [5.74, 6) is 0. The zero-order chi connectivity index (χ0) is 8.74. The SMILES string of the molecule is CCCCCCCC(O)(Br)Br. The monoisotopic (exact) mass is 286 g/mol.